The maximum absolute atomic E-state index is 13.1. The third-order valence-electron chi connectivity index (χ3n) is 5.16. The molecule has 1 aromatic heterocycles. The van der Waals surface area contributed by atoms with Crippen molar-refractivity contribution in [3.63, 3.8) is 0 Å². The minimum atomic E-state index is -0.296. The Hall–Kier alpha value is -3.26. The molecule has 160 valence electrons. The number of anilines is 1. The molecule has 1 saturated heterocycles. The number of carbonyl (C=O) groups is 2. The number of carbonyl (C=O) groups excluding carboxylic acids is 2. The van der Waals surface area contributed by atoms with Gasteiger partial charge in [0.05, 0.1) is 12.6 Å². The third kappa shape index (κ3) is 4.74. The normalized spacial score (nSPS) is 15.7. The molecule has 2 heterocycles. The van der Waals surface area contributed by atoms with Crippen molar-refractivity contribution in [2.24, 2.45) is 0 Å². The maximum Gasteiger partial charge on any atom is 0.286 e. The van der Waals surface area contributed by atoms with Gasteiger partial charge in [-0.05, 0) is 63.1 Å². The SMILES string of the molecule is CCOc1ccc(C(=O)N2CCCC2c2nnc(C(=O)Nc3ccc(C)cc3)s2)cc1. The number of amides is 2. The third-order valence-corrected chi connectivity index (χ3v) is 6.18. The Morgan fingerprint density at radius 3 is 2.58 bits per heavy atom. The molecule has 1 aliphatic heterocycles. The molecule has 1 atom stereocenters. The number of nitrogens with zero attached hydrogens (tertiary/aromatic N) is 3. The average molecular weight is 437 g/mol. The molecule has 1 fully saturated rings. The minimum absolute atomic E-state index is 0.0496. The van der Waals surface area contributed by atoms with Gasteiger partial charge in [-0.25, -0.2) is 0 Å². The molecular weight excluding hydrogens is 412 g/mol. The number of likely N-dealkylation sites (tertiary alicyclic amines) is 1. The molecule has 0 radical (unpaired) electrons. The van der Waals surface area contributed by atoms with Crippen LogP contribution in [-0.2, 0) is 0 Å². The van der Waals surface area contributed by atoms with Gasteiger partial charge in [0, 0.05) is 17.8 Å². The van der Waals surface area contributed by atoms with E-state index in [1.165, 1.54) is 11.3 Å². The molecule has 0 spiro atoms. The minimum Gasteiger partial charge on any atom is -0.494 e. The standard InChI is InChI=1S/C23H24N4O3S/c1-3-30-18-12-8-16(9-13-18)23(29)27-14-4-5-19(27)21-25-26-22(31-21)20(28)24-17-10-6-15(2)7-11-17/h6-13,19H,3-5,14H2,1-2H3,(H,24,28). The Labute approximate surface area is 185 Å². The second-order valence-electron chi connectivity index (χ2n) is 7.38. The van der Waals surface area contributed by atoms with Gasteiger partial charge in [0.25, 0.3) is 11.8 Å². The van der Waals surface area contributed by atoms with Gasteiger partial charge in [0.15, 0.2) is 0 Å². The first kappa shape index (κ1) is 21.0. The van der Waals surface area contributed by atoms with Crippen LogP contribution in [0.1, 0.15) is 56.5 Å². The lowest BCUT2D eigenvalue weighted by Gasteiger charge is -2.22. The van der Waals surface area contributed by atoms with E-state index in [9.17, 15) is 9.59 Å². The molecular formula is C23H24N4O3S. The number of nitrogens with one attached hydrogen (secondary N) is 1. The quantitative estimate of drug-likeness (QED) is 0.616. The largest absolute Gasteiger partial charge is 0.494 e. The van der Waals surface area contributed by atoms with Crippen LogP contribution in [0.25, 0.3) is 0 Å². The van der Waals surface area contributed by atoms with Crippen molar-refractivity contribution in [3.05, 3.63) is 69.7 Å². The highest BCUT2D eigenvalue weighted by atomic mass is 32.1. The molecule has 0 aliphatic carbocycles. The van der Waals surface area contributed by atoms with Crippen molar-refractivity contribution in [2.45, 2.75) is 32.7 Å². The summed E-state index contributed by atoms with van der Waals surface area (Å²) in [6.45, 7) is 5.15. The first-order valence-electron chi connectivity index (χ1n) is 10.3. The number of hydrogen-bond donors (Lipinski definition) is 1. The van der Waals surface area contributed by atoms with Crippen LogP contribution in [0, 0.1) is 6.92 Å². The predicted octanol–water partition coefficient (Wildman–Crippen LogP) is 4.47. The zero-order valence-corrected chi connectivity index (χ0v) is 18.3. The van der Waals surface area contributed by atoms with Crippen molar-refractivity contribution in [2.75, 3.05) is 18.5 Å². The van der Waals surface area contributed by atoms with Crippen LogP contribution in [0.4, 0.5) is 5.69 Å². The molecule has 2 amide bonds. The van der Waals surface area contributed by atoms with E-state index in [1.807, 2.05) is 43.0 Å². The molecule has 3 aromatic rings. The lowest BCUT2D eigenvalue weighted by molar-refractivity contribution is 0.0735. The molecule has 8 heteroatoms. The van der Waals surface area contributed by atoms with Crippen molar-refractivity contribution in [1.29, 1.82) is 0 Å². The Morgan fingerprint density at radius 1 is 1.13 bits per heavy atom. The summed E-state index contributed by atoms with van der Waals surface area (Å²) in [4.78, 5) is 27.4. The van der Waals surface area contributed by atoms with Crippen molar-refractivity contribution >= 4 is 28.8 Å². The monoisotopic (exact) mass is 436 g/mol. The van der Waals surface area contributed by atoms with Crippen molar-refractivity contribution < 1.29 is 14.3 Å². The number of benzene rings is 2. The summed E-state index contributed by atoms with van der Waals surface area (Å²) in [6, 6.07) is 14.6. The van der Waals surface area contributed by atoms with Crippen LogP contribution in [0.3, 0.4) is 0 Å². The van der Waals surface area contributed by atoms with E-state index in [0.717, 1.165) is 24.2 Å². The summed E-state index contributed by atoms with van der Waals surface area (Å²) in [5.74, 6) is 0.395. The van der Waals surface area contributed by atoms with Gasteiger partial charge in [0.1, 0.15) is 10.8 Å². The highest BCUT2D eigenvalue weighted by Gasteiger charge is 2.33. The number of aryl methyl sites for hydroxylation is 1. The van der Waals surface area contributed by atoms with Gasteiger partial charge >= 0.3 is 0 Å². The van der Waals surface area contributed by atoms with Gasteiger partial charge in [-0.15, -0.1) is 10.2 Å². The highest BCUT2D eigenvalue weighted by molar-refractivity contribution is 7.13. The number of aromatic nitrogens is 2. The number of hydrogen-bond acceptors (Lipinski definition) is 6. The number of rotatable bonds is 6. The Balaban J connectivity index is 1.46. The van der Waals surface area contributed by atoms with Gasteiger partial charge in [-0.1, -0.05) is 29.0 Å². The first-order chi connectivity index (χ1) is 15.0. The predicted molar refractivity (Wildman–Crippen MR) is 120 cm³/mol. The second-order valence-corrected chi connectivity index (χ2v) is 8.39. The Morgan fingerprint density at radius 2 is 1.87 bits per heavy atom. The van der Waals surface area contributed by atoms with Crippen LogP contribution in [-0.4, -0.2) is 40.1 Å². The van der Waals surface area contributed by atoms with E-state index in [0.29, 0.717) is 29.4 Å². The van der Waals surface area contributed by atoms with Gasteiger partial charge in [-0.3, -0.25) is 9.59 Å². The van der Waals surface area contributed by atoms with Crippen LogP contribution >= 0.6 is 11.3 Å². The van der Waals surface area contributed by atoms with Crippen LogP contribution in [0.15, 0.2) is 48.5 Å². The summed E-state index contributed by atoms with van der Waals surface area (Å²) in [5.41, 5.74) is 2.44. The fourth-order valence-corrected chi connectivity index (χ4v) is 4.46. The molecule has 4 rings (SSSR count). The molecule has 0 bridgehead atoms. The number of ether oxygens (including phenoxy) is 1. The average Bonchev–Trinajstić information content (AvgIpc) is 3.45. The van der Waals surface area contributed by atoms with Crippen LogP contribution < -0.4 is 10.1 Å². The molecule has 1 aliphatic rings. The summed E-state index contributed by atoms with van der Waals surface area (Å²) < 4.78 is 5.45. The highest BCUT2D eigenvalue weighted by Crippen LogP contribution is 2.35. The van der Waals surface area contributed by atoms with Gasteiger partial charge in [0.2, 0.25) is 5.01 Å². The molecule has 7 nitrogen and oxygen atoms in total. The van der Waals surface area contributed by atoms with E-state index in [1.54, 1.807) is 24.3 Å². The first-order valence-corrected chi connectivity index (χ1v) is 11.1. The lowest BCUT2D eigenvalue weighted by atomic mass is 10.1. The van der Waals surface area contributed by atoms with Crippen molar-refractivity contribution in [1.82, 2.24) is 15.1 Å². The van der Waals surface area contributed by atoms with E-state index >= 15 is 0 Å². The maximum atomic E-state index is 13.1. The zero-order valence-electron chi connectivity index (χ0n) is 17.5. The smallest absolute Gasteiger partial charge is 0.286 e. The topological polar surface area (TPSA) is 84.4 Å². The Bertz CT molecular complexity index is 1060. The Kier molecular flexibility index (Phi) is 6.27. The van der Waals surface area contributed by atoms with E-state index in [-0.39, 0.29) is 22.9 Å². The fraction of sp³-hybridized carbons (Fsp3) is 0.304. The molecule has 31 heavy (non-hydrogen) atoms. The van der Waals surface area contributed by atoms with Gasteiger partial charge in [-0.2, -0.15) is 0 Å². The van der Waals surface area contributed by atoms with Gasteiger partial charge < -0.3 is 15.0 Å². The molecule has 0 saturated carbocycles. The zero-order chi connectivity index (χ0) is 21.8. The van der Waals surface area contributed by atoms with E-state index in [2.05, 4.69) is 15.5 Å². The van der Waals surface area contributed by atoms with Crippen molar-refractivity contribution in [3.8, 4) is 5.75 Å². The summed E-state index contributed by atoms with van der Waals surface area (Å²) in [6.07, 6.45) is 1.69. The summed E-state index contributed by atoms with van der Waals surface area (Å²) >= 11 is 1.24. The molecule has 1 unspecified atom stereocenters. The lowest BCUT2D eigenvalue weighted by Crippen LogP contribution is -2.30. The van der Waals surface area contributed by atoms with Crippen LogP contribution in [0.2, 0.25) is 0 Å². The molecule has 2 aromatic carbocycles. The second kappa shape index (κ2) is 9.26. The summed E-state index contributed by atoms with van der Waals surface area (Å²) in [7, 11) is 0. The van der Waals surface area contributed by atoms with Crippen LogP contribution in [0.5, 0.6) is 5.75 Å². The van der Waals surface area contributed by atoms with E-state index < -0.39 is 0 Å². The molecule has 1 N–H and O–H groups in total. The summed E-state index contributed by atoms with van der Waals surface area (Å²) in [5, 5.41) is 12.1. The van der Waals surface area contributed by atoms with E-state index in [4.69, 9.17) is 4.74 Å². The fourth-order valence-electron chi connectivity index (χ4n) is 3.58.